The van der Waals surface area contributed by atoms with E-state index in [1.807, 2.05) is 64.1 Å². The molecule has 0 saturated carbocycles. The van der Waals surface area contributed by atoms with Gasteiger partial charge in [0.1, 0.15) is 18.1 Å². The number of alkyl carbamates (subject to hydrolysis) is 2. The molecule has 2 aromatic rings. The number of anilines is 1. The second kappa shape index (κ2) is 17.1. The Kier molecular flexibility index (Phi) is 13.0. The largest absolute Gasteiger partial charge is 0.453 e. The van der Waals surface area contributed by atoms with Gasteiger partial charge in [-0.15, -0.1) is 0 Å². The molecule has 0 aromatic heterocycles. The fourth-order valence-electron chi connectivity index (χ4n) is 6.53. The number of ether oxygens (including phenoxy) is 2. The van der Waals surface area contributed by atoms with Crippen molar-refractivity contribution in [3.8, 4) is 11.1 Å². The monoisotopic (exact) mass is 691 g/mol. The van der Waals surface area contributed by atoms with Gasteiger partial charge in [-0.3, -0.25) is 19.2 Å². The van der Waals surface area contributed by atoms with Crippen LogP contribution >= 0.6 is 0 Å². The summed E-state index contributed by atoms with van der Waals surface area (Å²) in [6.07, 6.45) is 1.28. The predicted molar refractivity (Wildman–Crippen MR) is 187 cm³/mol. The fourth-order valence-corrected chi connectivity index (χ4v) is 6.53. The number of carbonyl (C=O) groups is 6. The molecule has 0 bridgehead atoms. The quantitative estimate of drug-likeness (QED) is 0.299. The van der Waals surface area contributed by atoms with Crippen molar-refractivity contribution in [3.05, 3.63) is 54.1 Å². The summed E-state index contributed by atoms with van der Waals surface area (Å²) in [5, 5.41) is 8.12. The van der Waals surface area contributed by atoms with E-state index >= 15 is 0 Å². The number of carbonyl (C=O) groups excluding carboxylic acids is 6. The topological polar surface area (TPSA) is 163 Å². The van der Waals surface area contributed by atoms with Crippen molar-refractivity contribution < 1.29 is 38.2 Å². The van der Waals surface area contributed by atoms with E-state index in [-0.39, 0.29) is 41.8 Å². The highest BCUT2D eigenvalue weighted by molar-refractivity contribution is 5.99. The lowest BCUT2D eigenvalue weighted by atomic mass is 9.98. The average Bonchev–Trinajstić information content (AvgIpc) is 3.80. The number of nitrogens with zero attached hydrogens (tertiary/aromatic N) is 2. The van der Waals surface area contributed by atoms with Gasteiger partial charge in [0.2, 0.25) is 17.7 Å². The molecule has 0 spiro atoms. The van der Waals surface area contributed by atoms with Gasteiger partial charge >= 0.3 is 12.2 Å². The molecule has 13 nitrogen and oxygen atoms in total. The molecule has 2 aromatic carbocycles. The van der Waals surface area contributed by atoms with Gasteiger partial charge in [0, 0.05) is 25.2 Å². The minimum absolute atomic E-state index is 0.0498. The van der Waals surface area contributed by atoms with Crippen LogP contribution in [0.1, 0.15) is 58.9 Å². The molecule has 2 saturated heterocycles. The molecular formula is C37H49N5O8. The second-order valence-corrected chi connectivity index (χ2v) is 13.5. The number of hydrogen-bond donors (Lipinski definition) is 3. The van der Waals surface area contributed by atoms with Gasteiger partial charge in [0.15, 0.2) is 5.78 Å². The molecule has 0 radical (unpaired) electrons. The maximum atomic E-state index is 13.4. The Morgan fingerprint density at radius 1 is 0.680 bits per heavy atom. The molecule has 2 aliphatic rings. The maximum Gasteiger partial charge on any atom is 0.407 e. The molecule has 13 heteroatoms. The lowest BCUT2D eigenvalue weighted by molar-refractivity contribution is -0.139. The molecule has 50 heavy (non-hydrogen) atoms. The number of methoxy groups -OCH3 is 2. The third-order valence-electron chi connectivity index (χ3n) is 9.35. The van der Waals surface area contributed by atoms with Crippen LogP contribution in [-0.2, 0) is 35.1 Å². The molecule has 4 rings (SSSR count). The third kappa shape index (κ3) is 9.19. The zero-order valence-electron chi connectivity index (χ0n) is 29.7. The SMILES string of the molecule is COC(=O)N[C@H](C(=O)N1CCC[C@H]1C(=O)Cc1ccc(-c2ccc(NC(=O)[C@@H]3CCCN3C(=O)[C@@H](NC(=O)OC)C(C)C)cc2)cc1)C(C)C. The molecule has 0 unspecified atom stereocenters. The van der Waals surface area contributed by atoms with Crippen LogP contribution in [0.15, 0.2) is 48.5 Å². The van der Waals surface area contributed by atoms with Crippen LogP contribution in [0.3, 0.4) is 0 Å². The number of likely N-dealkylation sites (tertiary alicyclic amines) is 2. The normalized spacial score (nSPS) is 18.4. The first-order valence-corrected chi connectivity index (χ1v) is 17.2. The van der Waals surface area contributed by atoms with Crippen molar-refractivity contribution in [2.45, 2.75) is 84.0 Å². The standard InChI is InChI=1S/C37H49N5O8/c1-22(2)31(39-36(47)49-5)34(45)41-19-7-9-28(41)30(43)21-24-11-13-25(14-12-24)26-15-17-27(18-16-26)38-33(44)29-10-8-20-42(29)35(46)32(23(3)4)40-37(48)50-6/h11-18,22-23,28-29,31-32H,7-10,19-21H2,1-6H3,(H,38,44)(H,39,47)(H,40,48)/t28-,29-,31-,32-/m0/s1. The van der Waals surface area contributed by atoms with Gasteiger partial charge in [0.25, 0.3) is 0 Å². The van der Waals surface area contributed by atoms with E-state index in [1.54, 1.807) is 17.0 Å². The number of Topliss-reactive ketones (excluding diaryl/α,β-unsaturated/α-hetero) is 1. The molecule has 4 atom stereocenters. The van der Waals surface area contributed by atoms with Crippen molar-refractivity contribution in [2.75, 3.05) is 32.6 Å². The molecule has 5 amide bonds. The molecule has 270 valence electrons. The Morgan fingerprint density at radius 2 is 1.12 bits per heavy atom. The minimum Gasteiger partial charge on any atom is -0.453 e. The molecule has 3 N–H and O–H groups in total. The zero-order valence-corrected chi connectivity index (χ0v) is 29.7. The van der Waals surface area contributed by atoms with Crippen LogP contribution < -0.4 is 16.0 Å². The summed E-state index contributed by atoms with van der Waals surface area (Å²) in [5.74, 6) is -1.30. The van der Waals surface area contributed by atoms with Crippen LogP contribution in [0.25, 0.3) is 11.1 Å². The number of ketones is 1. The van der Waals surface area contributed by atoms with E-state index in [9.17, 15) is 28.8 Å². The van der Waals surface area contributed by atoms with E-state index in [0.29, 0.717) is 44.5 Å². The van der Waals surface area contributed by atoms with Crippen LogP contribution in [0.5, 0.6) is 0 Å². The number of nitrogens with one attached hydrogen (secondary N) is 3. The van der Waals surface area contributed by atoms with Crippen molar-refractivity contribution in [2.24, 2.45) is 11.8 Å². The van der Waals surface area contributed by atoms with Crippen molar-refractivity contribution in [3.63, 3.8) is 0 Å². The lowest BCUT2D eigenvalue weighted by Gasteiger charge is -2.30. The Morgan fingerprint density at radius 3 is 1.58 bits per heavy atom. The summed E-state index contributed by atoms with van der Waals surface area (Å²) in [6, 6.07) is 12.2. The first kappa shape index (κ1) is 37.9. The van der Waals surface area contributed by atoms with Crippen LogP contribution in [0, 0.1) is 11.8 Å². The molecule has 2 fully saturated rings. The number of rotatable bonds is 12. The summed E-state index contributed by atoms with van der Waals surface area (Å²) in [7, 11) is 2.48. The van der Waals surface area contributed by atoms with Crippen LogP contribution in [0.4, 0.5) is 15.3 Å². The second-order valence-electron chi connectivity index (χ2n) is 13.5. The van der Waals surface area contributed by atoms with Gasteiger partial charge < -0.3 is 35.2 Å². The Labute approximate surface area is 293 Å². The highest BCUT2D eigenvalue weighted by atomic mass is 16.5. The van der Waals surface area contributed by atoms with Crippen molar-refractivity contribution in [1.29, 1.82) is 0 Å². The molecule has 0 aliphatic carbocycles. The van der Waals surface area contributed by atoms with Gasteiger partial charge in [0.05, 0.1) is 20.3 Å². The third-order valence-corrected chi connectivity index (χ3v) is 9.35. The highest BCUT2D eigenvalue weighted by Gasteiger charge is 2.40. The summed E-state index contributed by atoms with van der Waals surface area (Å²) in [6.45, 7) is 8.20. The molecular weight excluding hydrogens is 642 g/mol. The van der Waals surface area contributed by atoms with E-state index in [4.69, 9.17) is 0 Å². The van der Waals surface area contributed by atoms with Crippen LogP contribution in [0.2, 0.25) is 0 Å². The fraction of sp³-hybridized carbons (Fsp3) is 0.514. The smallest absolute Gasteiger partial charge is 0.407 e. The van der Waals surface area contributed by atoms with Crippen LogP contribution in [-0.4, -0.2) is 97.0 Å². The number of benzene rings is 2. The van der Waals surface area contributed by atoms with Gasteiger partial charge in [-0.05, 0) is 66.3 Å². The number of hydrogen-bond acceptors (Lipinski definition) is 8. The summed E-state index contributed by atoms with van der Waals surface area (Å²) in [4.78, 5) is 80.0. The lowest BCUT2D eigenvalue weighted by Crippen LogP contribution is -2.54. The van der Waals surface area contributed by atoms with E-state index < -0.39 is 36.4 Å². The minimum atomic E-state index is -0.805. The van der Waals surface area contributed by atoms with Gasteiger partial charge in [-0.2, -0.15) is 0 Å². The summed E-state index contributed by atoms with van der Waals surface area (Å²) < 4.78 is 9.36. The summed E-state index contributed by atoms with van der Waals surface area (Å²) >= 11 is 0. The molecule has 2 heterocycles. The van der Waals surface area contributed by atoms with Crippen molar-refractivity contribution >= 4 is 41.4 Å². The Bertz CT molecular complexity index is 1430. The number of amides is 5. The maximum absolute atomic E-state index is 13.4. The molecule has 2 aliphatic heterocycles. The highest BCUT2D eigenvalue weighted by Crippen LogP contribution is 2.26. The van der Waals surface area contributed by atoms with Crippen molar-refractivity contribution in [1.82, 2.24) is 20.4 Å². The van der Waals surface area contributed by atoms with Gasteiger partial charge in [-0.1, -0.05) is 64.1 Å². The Hall–Kier alpha value is -4.94. The van der Waals surface area contributed by atoms with Gasteiger partial charge in [-0.25, -0.2) is 9.59 Å². The zero-order chi connectivity index (χ0) is 36.5. The van der Waals surface area contributed by atoms with E-state index in [1.165, 1.54) is 19.1 Å². The average molecular weight is 692 g/mol. The van der Waals surface area contributed by atoms with E-state index in [2.05, 4.69) is 25.4 Å². The Balaban J connectivity index is 1.35. The van der Waals surface area contributed by atoms with E-state index in [0.717, 1.165) is 16.7 Å². The first-order valence-electron chi connectivity index (χ1n) is 17.2. The first-order chi connectivity index (χ1) is 23.8. The summed E-state index contributed by atoms with van der Waals surface area (Å²) in [5.41, 5.74) is 3.26. The predicted octanol–water partition coefficient (Wildman–Crippen LogP) is 4.15.